The zero-order valence-corrected chi connectivity index (χ0v) is 17.2. The molecule has 3 aliphatic rings. The predicted octanol–water partition coefficient (Wildman–Crippen LogP) is 4.20. The molecular formula is C23H34N2O3. The van der Waals surface area contributed by atoms with E-state index in [1.807, 2.05) is 12.1 Å². The van der Waals surface area contributed by atoms with E-state index in [2.05, 4.69) is 22.8 Å². The second-order valence-corrected chi connectivity index (χ2v) is 8.52. The first-order valence-electron chi connectivity index (χ1n) is 11.2. The Morgan fingerprint density at radius 2 is 1.86 bits per heavy atom. The molecule has 28 heavy (non-hydrogen) atoms. The molecule has 5 nitrogen and oxygen atoms in total. The monoisotopic (exact) mass is 386 g/mol. The number of carbonyl (C=O) groups is 1. The third-order valence-electron chi connectivity index (χ3n) is 6.66. The van der Waals surface area contributed by atoms with Crippen molar-refractivity contribution in [3.05, 3.63) is 23.8 Å². The van der Waals surface area contributed by atoms with Gasteiger partial charge in [-0.05, 0) is 56.5 Å². The van der Waals surface area contributed by atoms with Crippen LogP contribution in [0.5, 0.6) is 11.5 Å². The highest BCUT2D eigenvalue weighted by Crippen LogP contribution is 2.33. The molecule has 1 atom stereocenters. The van der Waals surface area contributed by atoms with Crippen molar-refractivity contribution in [1.82, 2.24) is 9.80 Å². The number of fused-ring (bicyclic) bond motifs is 1. The van der Waals surface area contributed by atoms with Crippen molar-refractivity contribution in [2.75, 3.05) is 26.4 Å². The molecule has 1 aromatic carbocycles. The van der Waals surface area contributed by atoms with E-state index in [0.717, 1.165) is 49.5 Å². The number of hydrogen-bond acceptors (Lipinski definition) is 4. The largest absolute Gasteiger partial charge is 0.454 e. The Labute approximate surface area is 169 Å². The lowest BCUT2D eigenvalue weighted by atomic mass is 9.98. The summed E-state index contributed by atoms with van der Waals surface area (Å²) in [6, 6.07) is 6.59. The van der Waals surface area contributed by atoms with Gasteiger partial charge < -0.3 is 14.4 Å². The van der Waals surface area contributed by atoms with Gasteiger partial charge >= 0.3 is 0 Å². The molecule has 1 amide bonds. The topological polar surface area (TPSA) is 42.0 Å². The number of hydrogen-bond donors (Lipinski definition) is 0. The van der Waals surface area contributed by atoms with Gasteiger partial charge in [-0.15, -0.1) is 0 Å². The van der Waals surface area contributed by atoms with Crippen molar-refractivity contribution in [2.45, 2.75) is 70.9 Å². The maximum atomic E-state index is 13.5. The predicted molar refractivity (Wildman–Crippen MR) is 109 cm³/mol. The lowest BCUT2D eigenvalue weighted by Gasteiger charge is -2.32. The van der Waals surface area contributed by atoms with Crippen molar-refractivity contribution >= 4 is 5.91 Å². The van der Waals surface area contributed by atoms with E-state index in [1.165, 1.54) is 38.5 Å². The third kappa shape index (κ3) is 4.45. The number of nitrogens with zero attached hydrogens (tertiary/aromatic N) is 2. The Hall–Kier alpha value is -1.75. The first-order valence-corrected chi connectivity index (χ1v) is 11.2. The highest BCUT2D eigenvalue weighted by molar-refractivity contribution is 5.79. The number of rotatable bonds is 6. The van der Waals surface area contributed by atoms with E-state index in [9.17, 15) is 4.79 Å². The standard InChI is InChI=1S/C23H34N2O3/c1-2-24-13-7-10-20(24)16-25(23(26)19-8-5-3-4-6-9-19)15-18-11-12-21-22(14-18)28-17-27-21/h11-12,14,19-20H,2-10,13,15-17H2,1H3/t20-/m1/s1. The highest BCUT2D eigenvalue weighted by atomic mass is 16.7. The van der Waals surface area contributed by atoms with E-state index in [-0.39, 0.29) is 12.7 Å². The van der Waals surface area contributed by atoms with Crippen molar-refractivity contribution in [3.8, 4) is 11.5 Å². The summed E-state index contributed by atoms with van der Waals surface area (Å²) < 4.78 is 11.0. The highest BCUT2D eigenvalue weighted by Gasteiger charge is 2.31. The molecular weight excluding hydrogens is 352 g/mol. The van der Waals surface area contributed by atoms with Gasteiger partial charge in [0.1, 0.15) is 0 Å². The van der Waals surface area contributed by atoms with Crippen LogP contribution >= 0.6 is 0 Å². The summed E-state index contributed by atoms with van der Waals surface area (Å²) in [5.74, 6) is 2.17. The van der Waals surface area contributed by atoms with Gasteiger partial charge in [-0.3, -0.25) is 9.69 Å². The normalized spacial score (nSPS) is 23.0. The fourth-order valence-corrected chi connectivity index (χ4v) is 5.05. The number of carbonyl (C=O) groups excluding carboxylic acids is 1. The van der Waals surface area contributed by atoms with E-state index in [0.29, 0.717) is 18.5 Å². The van der Waals surface area contributed by atoms with Gasteiger partial charge in [0.05, 0.1) is 0 Å². The average molecular weight is 387 g/mol. The van der Waals surface area contributed by atoms with Crippen molar-refractivity contribution in [2.24, 2.45) is 5.92 Å². The van der Waals surface area contributed by atoms with Gasteiger partial charge in [0.15, 0.2) is 11.5 Å². The van der Waals surface area contributed by atoms with Gasteiger partial charge in [-0.2, -0.15) is 0 Å². The summed E-state index contributed by atoms with van der Waals surface area (Å²) in [6.07, 6.45) is 9.49. The van der Waals surface area contributed by atoms with Crippen LogP contribution in [-0.2, 0) is 11.3 Å². The third-order valence-corrected chi connectivity index (χ3v) is 6.66. The van der Waals surface area contributed by atoms with E-state index in [1.54, 1.807) is 0 Å². The zero-order chi connectivity index (χ0) is 19.3. The second-order valence-electron chi connectivity index (χ2n) is 8.52. The molecule has 0 aromatic heterocycles. The average Bonchev–Trinajstić information content (AvgIpc) is 3.28. The molecule has 1 saturated heterocycles. The molecule has 5 heteroatoms. The van der Waals surface area contributed by atoms with Gasteiger partial charge in [0.25, 0.3) is 0 Å². The number of benzene rings is 1. The summed E-state index contributed by atoms with van der Waals surface area (Å²) in [6.45, 7) is 6.26. The first-order chi connectivity index (χ1) is 13.7. The lowest BCUT2D eigenvalue weighted by molar-refractivity contribution is -0.137. The van der Waals surface area contributed by atoms with Gasteiger partial charge in [0, 0.05) is 25.0 Å². The van der Waals surface area contributed by atoms with Crippen molar-refractivity contribution < 1.29 is 14.3 Å². The van der Waals surface area contributed by atoms with Crippen LogP contribution in [0.2, 0.25) is 0 Å². The zero-order valence-electron chi connectivity index (χ0n) is 17.2. The van der Waals surface area contributed by atoms with Crippen LogP contribution in [0.15, 0.2) is 18.2 Å². The van der Waals surface area contributed by atoms with Gasteiger partial charge in [-0.1, -0.05) is 38.7 Å². The Morgan fingerprint density at radius 1 is 1.07 bits per heavy atom. The van der Waals surface area contributed by atoms with Gasteiger partial charge in [0.2, 0.25) is 12.7 Å². The summed E-state index contributed by atoms with van der Waals surface area (Å²) in [4.78, 5) is 18.2. The van der Waals surface area contributed by atoms with Crippen LogP contribution in [0.1, 0.15) is 63.9 Å². The molecule has 1 aromatic rings. The Kier molecular flexibility index (Phi) is 6.40. The maximum absolute atomic E-state index is 13.5. The number of likely N-dealkylation sites (tertiary alicyclic amines) is 1. The molecule has 0 unspecified atom stereocenters. The molecule has 2 fully saturated rings. The second kappa shape index (κ2) is 9.17. The van der Waals surface area contributed by atoms with E-state index >= 15 is 0 Å². The number of likely N-dealkylation sites (N-methyl/N-ethyl adjacent to an activating group) is 1. The summed E-state index contributed by atoms with van der Waals surface area (Å²) in [7, 11) is 0. The van der Waals surface area contributed by atoms with E-state index in [4.69, 9.17) is 9.47 Å². The SMILES string of the molecule is CCN1CCC[C@@H]1CN(Cc1ccc2c(c1)OCO2)C(=O)C1CCCCCC1. The molecule has 2 heterocycles. The summed E-state index contributed by atoms with van der Waals surface area (Å²) >= 11 is 0. The lowest BCUT2D eigenvalue weighted by Crippen LogP contribution is -2.44. The van der Waals surface area contributed by atoms with Crippen LogP contribution in [0.3, 0.4) is 0 Å². The van der Waals surface area contributed by atoms with Crippen LogP contribution in [0.4, 0.5) is 0 Å². The molecule has 0 bridgehead atoms. The van der Waals surface area contributed by atoms with Crippen LogP contribution in [0.25, 0.3) is 0 Å². The van der Waals surface area contributed by atoms with Crippen LogP contribution < -0.4 is 9.47 Å². The molecule has 4 rings (SSSR count). The van der Waals surface area contributed by atoms with Crippen molar-refractivity contribution in [1.29, 1.82) is 0 Å². The van der Waals surface area contributed by atoms with Crippen LogP contribution in [-0.4, -0.2) is 48.2 Å². The Bertz CT molecular complexity index is 670. The molecule has 0 radical (unpaired) electrons. The Balaban J connectivity index is 1.51. The number of amides is 1. The quantitative estimate of drug-likeness (QED) is 0.687. The maximum Gasteiger partial charge on any atom is 0.231 e. The van der Waals surface area contributed by atoms with Crippen molar-refractivity contribution in [3.63, 3.8) is 0 Å². The van der Waals surface area contributed by atoms with E-state index < -0.39 is 0 Å². The van der Waals surface area contributed by atoms with Crippen LogP contribution in [0, 0.1) is 5.92 Å². The minimum atomic E-state index is 0.202. The summed E-state index contributed by atoms with van der Waals surface area (Å²) in [5.41, 5.74) is 1.13. The fourth-order valence-electron chi connectivity index (χ4n) is 5.05. The number of ether oxygens (including phenoxy) is 2. The molecule has 0 spiro atoms. The first kappa shape index (κ1) is 19.6. The van der Waals surface area contributed by atoms with Gasteiger partial charge in [-0.25, -0.2) is 0 Å². The minimum absolute atomic E-state index is 0.202. The molecule has 154 valence electrons. The molecule has 1 aliphatic carbocycles. The Morgan fingerprint density at radius 3 is 2.64 bits per heavy atom. The molecule has 0 N–H and O–H groups in total. The smallest absolute Gasteiger partial charge is 0.231 e. The minimum Gasteiger partial charge on any atom is -0.454 e. The fraction of sp³-hybridized carbons (Fsp3) is 0.696. The molecule has 1 saturated carbocycles. The summed E-state index contributed by atoms with van der Waals surface area (Å²) in [5, 5.41) is 0. The molecule has 2 aliphatic heterocycles.